The Bertz CT molecular complexity index is 1170. The Labute approximate surface area is 245 Å². The number of carbonyl (C=O) groups excluding carboxylic acids is 2. The van der Waals surface area contributed by atoms with Crippen LogP contribution in [0.2, 0.25) is 0 Å². The van der Waals surface area contributed by atoms with Gasteiger partial charge in [0.25, 0.3) is 5.56 Å². The number of unbranched alkanes of at least 4 members (excludes halogenated alkanes) is 4. The summed E-state index contributed by atoms with van der Waals surface area (Å²) in [7, 11) is 0. The normalized spacial score (nSPS) is 22.7. The zero-order valence-corrected chi connectivity index (χ0v) is 25.2. The minimum absolute atomic E-state index is 0.102. The Morgan fingerprint density at radius 3 is 1.83 bits per heavy atom. The van der Waals surface area contributed by atoms with Gasteiger partial charge in [0.1, 0.15) is 5.75 Å². The van der Waals surface area contributed by atoms with Crippen LogP contribution in [0.25, 0.3) is 5.69 Å². The fourth-order valence-electron chi connectivity index (χ4n) is 6.59. The molecule has 2 aliphatic rings. The lowest BCUT2D eigenvalue weighted by Crippen LogP contribution is -2.27. The van der Waals surface area contributed by atoms with Gasteiger partial charge in [0.05, 0.1) is 17.5 Å². The van der Waals surface area contributed by atoms with E-state index in [4.69, 9.17) is 9.47 Å². The molecule has 4 rings (SSSR count). The van der Waals surface area contributed by atoms with Crippen LogP contribution in [0.1, 0.15) is 117 Å². The smallest absolute Gasteiger partial charge is 0.314 e. The van der Waals surface area contributed by atoms with Crippen molar-refractivity contribution in [2.24, 2.45) is 23.7 Å². The number of benzene rings is 1. The number of esters is 2. The highest BCUT2D eigenvalue weighted by Crippen LogP contribution is 2.36. The first-order valence-electron chi connectivity index (χ1n) is 16.2. The molecule has 1 aromatic carbocycles. The van der Waals surface area contributed by atoms with Crippen LogP contribution in [0.5, 0.6) is 11.5 Å². The summed E-state index contributed by atoms with van der Waals surface area (Å²) in [5.74, 6) is 1.38. The molecular formula is C35H49NO5. The molecule has 6 heteroatoms. The van der Waals surface area contributed by atoms with E-state index in [0.29, 0.717) is 29.0 Å². The van der Waals surface area contributed by atoms with Crippen LogP contribution in [-0.4, -0.2) is 16.5 Å². The highest BCUT2D eigenvalue weighted by molar-refractivity contribution is 5.78. The topological polar surface area (TPSA) is 74.6 Å². The first kappa shape index (κ1) is 31.1. The molecule has 41 heavy (non-hydrogen) atoms. The van der Waals surface area contributed by atoms with Gasteiger partial charge in [-0.15, -0.1) is 0 Å². The fourth-order valence-corrected chi connectivity index (χ4v) is 6.59. The van der Waals surface area contributed by atoms with Crippen molar-refractivity contribution in [1.29, 1.82) is 0 Å². The third-order valence-corrected chi connectivity index (χ3v) is 9.23. The monoisotopic (exact) mass is 563 g/mol. The van der Waals surface area contributed by atoms with Crippen molar-refractivity contribution in [2.45, 2.75) is 117 Å². The van der Waals surface area contributed by atoms with Gasteiger partial charge in [-0.25, -0.2) is 0 Å². The average Bonchev–Trinajstić information content (AvgIpc) is 2.99. The number of carbonyl (C=O) groups is 2. The number of hydrogen-bond donors (Lipinski definition) is 0. The van der Waals surface area contributed by atoms with Crippen LogP contribution in [0.15, 0.2) is 47.4 Å². The van der Waals surface area contributed by atoms with Crippen LogP contribution in [0, 0.1) is 23.7 Å². The van der Waals surface area contributed by atoms with E-state index in [-0.39, 0.29) is 29.3 Å². The van der Waals surface area contributed by atoms with Crippen LogP contribution >= 0.6 is 0 Å². The van der Waals surface area contributed by atoms with Gasteiger partial charge in [0, 0.05) is 18.3 Å². The summed E-state index contributed by atoms with van der Waals surface area (Å²) in [5, 5.41) is 0. The van der Waals surface area contributed by atoms with Gasteiger partial charge in [0.2, 0.25) is 0 Å². The van der Waals surface area contributed by atoms with E-state index >= 15 is 0 Å². The third-order valence-electron chi connectivity index (χ3n) is 9.23. The van der Waals surface area contributed by atoms with Crippen molar-refractivity contribution < 1.29 is 19.1 Å². The SMILES string of the molecule is CCCCCC1CCC(C(=O)Oc2ccc(OC(=O)C3CCC(CCCCC)CC3)c(-n3ccccc3=O)c2)CC1. The molecule has 6 nitrogen and oxygen atoms in total. The molecule has 0 spiro atoms. The largest absolute Gasteiger partial charge is 0.426 e. The molecule has 224 valence electrons. The number of rotatable bonds is 13. The van der Waals surface area contributed by atoms with Crippen LogP contribution in [-0.2, 0) is 9.59 Å². The molecular weight excluding hydrogens is 514 g/mol. The first-order chi connectivity index (χ1) is 20.0. The Balaban J connectivity index is 1.40. The third kappa shape index (κ3) is 9.05. The van der Waals surface area contributed by atoms with Crippen LogP contribution in [0.3, 0.4) is 0 Å². The second kappa shape index (κ2) is 15.9. The van der Waals surface area contributed by atoms with Crippen LogP contribution < -0.4 is 15.0 Å². The van der Waals surface area contributed by atoms with Crippen molar-refractivity contribution >= 4 is 11.9 Å². The molecule has 0 unspecified atom stereocenters. The molecule has 2 fully saturated rings. The molecule has 0 N–H and O–H groups in total. The maximum atomic E-state index is 13.2. The van der Waals surface area contributed by atoms with Gasteiger partial charge in [-0.05, 0) is 81.4 Å². The van der Waals surface area contributed by atoms with Gasteiger partial charge >= 0.3 is 11.9 Å². The van der Waals surface area contributed by atoms with Gasteiger partial charge in [-0.1, -0.05) is 71.3 Å². The average molecular weight is 564 g/mol. The molecule has 0 atom stereocenters. The minimum Gasteiger partial charge on any atom is -0.426 e. The van der Waals surface area contributed by atoms with E-state index < -0.39 is 0 Å². The van der Waals surface area contributed by atoms with E-state index in [1.165, 1.54) is 62.0 Å². The van der Waals surface area contributed by atoms with E-state index in [0.717, 1.165) is 51.4 Å². The lowest BCUT2D eigenvalue weighted by molar-refractivity contribution is -0.141. The summed E-state index contributed by atoms with van der Waals surface area (Å²) in [6, 6.07) is 9.84. The predicted octanol–water partition coefficient (Wildman–Crippen LogP) is 8.42. The highest BCUT2D eigenvalue weighted by Gasteiger charge is 2.30. The Morgan fingerprint density at radius 1 is 0.732 bits per heavy atom. The van der Waals surface area contributed by atoms with Gasteiger partial charge in [0.15, 0.2) is 5.75 Å². The number of aromatic nitrogens is 1. The molecule has 0 aliphatic heterocycles. The van der Waals surface area contributed by atoms with Crippen molar-refractivity contribution in [1.82, 2.24) is 4.57 Å². The van der Waals surface area contributed by atoms with Crippen LogP contribution in [0.4, 0.5) is 0 Å². The molecule has 2 aliphatic carbocycles. The molecule has 2 saturated carbocycles. The summed E-state index contributed by atoms with van der Waals surface area (Å²) >= 11 is 0. The van der Waals surface area contributed by atoms with Crippen molar-refractivity contribution in [2.75, 3.05) is 0 Å². The molecule has 1 aromatic heterocycles. The molecule has 0 amide bonds. The van der Waals surface area contributed by atoms with Gasteiger partial charge < -0.3 is 9.47 Å². The van der Waals surface area contributed by atoms with E-state index in [2.05, 4.69) is 13.8 Å². The van der Waals surface area contributed by atoms with E-state index in [1.54, 1.807) is 36.5 Å². The Hall–Kier alpha value is -2.89. The number of ether oxygens (including phenoxy) is 2. The second-order valence-electron chi connectivity index (χ2n) is 12.3. The number of nitrogens with zero attached hydrogens (tertiary/aromatic N) is 1. The van der Waals surface area contributed by atoms with Gasteiger partial charge in [-0.3, -0.25) is 19.0 Å². The molecule has 0 radical (unpaired) electrons. The summed E-state index contributed by atoms with van der Waals surface area (Å²) in [4.78, 5) is 39.0. The zero-order chi connectivity index (χ0) is 29.0. The van der Waals surface area contributed by atoms with Crippen molar-refractivity contribution in [3.63, 3.8) is 0 Å². The quantitative estimate of drug-likeness (QED) is 0.139. The summed E-state index contributed by atoms with van der Waals surface area (Å²) < 4.78 is 13.2. The molecule has 0 saturated heterocycles. The Morgan fingerprint density at radius 2 is 1.29 bits per heavy atom. The first-order valence-corrected chi connectivity index (χ1v) is 16.2. The maximum absolute atomic E-state index is 13.2. The second-order valence-corrected chi connectivity index (χ2v) is 12.3. The highest BCUT2D eigenvalue weighted by atomic mass is 16.5. The van der Waals surface area contributed by atoms with E-state index in [1.807, 2.05) is 0 Å². The predicted molar refractivity (Wildman–Crippen MR) is 162 cm³/mol. The van der Waals surface area contributed by atoms with E-state index in [9.17, 15) is 14.4 Å². The molecule has 1 heterocycles. The maximum Gasteiger partial charge on any atom is 0.314 e. The lowest BCUT2D eigenvalue weighted by Gasteiger charge is -2.27. The molecule has 2 aromatic rings. The zero-order valence-electron chi connectivity index (χ0n) is 25.2. The Kier molecular flexibility index (Phi) is 12.1. The standard InChI is InChI=1S/C35H49NO5/c1-3-5-7-11-26-14-18-28(19-15-26)34(38)40-30-22-23-32(31(25-30)36-24-10-9-13-33(36)37)41-35(39)29-20-16-27(17-21-29)12-8-6-4-2/h9-10,13,22-29H,3-8,11-12,14-21H2,1-2H3. The summed E-state index contributed by atoms with van der Waals surface area (Å²) in [6.07, 6.45) is 19.4. The number of hydrogen-bond acceptors (Lipinski definition) is 5. The fraction of sp³-hybridized carbons (Fsp3) is 0.629. The van der Waals surface area contributed by atoms with Gasteiger partial charge in [-0.2, -0.15) is 0 Å². The summed E-state index contributed by atoms with van der Waals surface area (Å²) in [5.41, 5.74) is 0.157. The van der Waals surface area contributed by atoms with Crippen molar-refractivity contribution in [3.05, 3.63) is 52.9 Å². The number of pyridine rings is 1. The minimum atomic E-state index is -0.248. The van der Waals surface area contributed by atoms with Crippen molar-refractivity contribution in [3.8, 4) is 17.2 Å². The molecule has 0 bridgehead atoms. The summed E-state index contributed by atoms with van der Waals surface area (Å²) in [6.45, 7) is 4.45. The lowest BCUT2D eigenvalue weighted by atomic mass is 9.80.